The highest BCUT2D eigenvalue weighted by molar-refractivity contribution is 7.72. The normalized spacial score (nSPS) is 11.5. The van der Waals surface area contributed by atoms with Crippen LogP contribution in [0.2, 0.25) is 10.0 Å². The molecule has 0 heterocycles. The fourth-order valence-corrected chi connectivity index (χ4v) is 2.78. The third-order valence-electron chi connectivity index (χ3n) is 1.91. The van der Waals surface area contributed by atoms with Crippen LogP contribution in [0.3, 0.4) is 0 Å². The molecular formula is C9H9Cl2O4P. The lowest BCUT2D eigenvalue weighted by atomic mass is 10.2. The first kappa shape index (κ1) is 13.7. The van der Waals surface area contributed by atoms with Gasteiger partial charge >= 0.3 is 7.60 Å². The molecule has 0 spiro atoms. The molecule has 0 atom stereocenters. The second-order valence-electron chi connectivity index (χ2n) is 2.76. The molecule has 0 unspecified atom stereocenters. The molecule has 1 aromatic carbocycles. The van der Waals surface area contributed by atoms with Crippen molar-refractivity contribution in [1.82, 2.24) is 0 Å². The fraction of sp³-hybridized carbons (Fsp3) is 0.222. The van der Waals surface area contributed by atoms with Gasteiger partial charge < -0.3 is 9.05 Å². The van der Waals surface area contributed by atoms with Crippen molar-refractivity contribution in [3.8, 4) is 0 Å². The highest BCUT2D eigenvalue weighted by atomic mass is 35.5. The lowest BCUT2D eigenvalue weighted by Crippen LogP contribution is -2.05. The molecule has 0 aliphatic heterocycles. The molecule has 0 aliphatic carbocycles. The van der Waals surface area contributed by atoms with Crippen LogP contribution in [-0.2, 0) is 13.6 Å². The van der Waals surface area contributed by atoms with Gasteiger partial charge in [-0.1, -0.05) is 29.3 Å². The van der Waals surface area contributed by atoms with Gasteiger partial charge in [0.1, 0.15) is 0 Å². The summed E-state index contributed by atoms with van der Waals surface area (Å²) in [5, 5.41) is 0.207. The second kappa shape index (κ2) is 5.30. The molecule has 88 valence electrons. The van der Waals surface area contributed by atoms with Crippen LogP contribution in [-0.4, -0.2) is 19.7 Å². The van der Waals surface area contributed by atoms with Gasteiger partial charge in [0, 0.05) is 14.2 Å². The van der Waals surface area contributed by atoms with E-state index in [0.717, 1.165) is 14.2 Å². The Bertz CT molecular complexity index is 433. The highest BCUT2D eigenvalue weighted by Gasteiger charge is 2.36. The minimum atomic E-state index is -3.86. The van der Waals surface area contributed by atoms with Gasteiger partial charge in [-0.3, -0.25) is 9.36 Å². The van der Waals surface area contributed by atoms with Gasteiger partial charge in [0.15, 0.2) is 0 Å². The summed E-state index contributed by atoms with van der Waals surface area (Å²) in [6.45, 7) is 0. The molecule has 0 fully saturated rings. The van der Waals surface area contributed by atoms with E-state index in [1.54, 1.807) is 6.07 Å². The van der Waals surface area contributed by atoms with Crippen LogP contribution in [0.4, 0.5) is 0 Å². The molecule has 0 N–H and O–H groups in total. The quantitative estimate of drug-likeness (QED) is 0.792. The average molecular weight is 283 g/mol. The number of carbonyl (C=O) groups is 1. The molecule has 0 saturated heterocycles. The summed E-state index contributed by atoms with van der Waals surface area (Å²) in [4.78, 5) is 11.9. The molecule has 0 aromatic heterocycles. The first-order valence-corrected chi connectivity index (χ1v) is 6.46. The molecule has 1 rings (SSSR count). The van der Waals surface area contributed by atoms with E-state index in [-0.39, 0.29) is 15.6 Å². The zero-order valence-corrected chi connectivity index (χ0v) is 11.0. The minimum Gasteiger partial charge on any atom is -0.306 e. The standard InChI is InChI=1S/C9H9Cl2O4P/c1-14-16(13,15-2)9(12)8-6(10)4-3-5-7(8)11/h3-5H,1-2H3. The Morgan fingerprint density at radius 1 is 1.19 bits per heavy atom. The van der Waals surface area contributed by atoms with Gasteiger partial charge in [-0.25, -0.2) is 0 Å². The molecule has 4 nitrogen and oxygen atoms in total. The van der Waals surface area contributed by atoms with Crippen LogP contribution < -0.4 is 0 Å². The van der Waals surface area contributed by atoms with Crippen molar-refractivity contribution < 1.29 is 18.4 Å². The van der Waals surface area contributed by atoms with Crippen molar-refractivity contribution in [3.63, 3.8) is 0 Å². The Balaban J connectivity index is 3.30. The number of carbonyl (C=O) groups excluding carboxylic acids is 1. The lowest BCUT2D eigenvalue weighted by molar-refractivity contribution is 0.102. The Kier molecular flexibility index (Phi) is 4.53. The number of benzene rings is 1. The van der Waals surface area contributed by atoms with Crippen molar-refractivity contribution >= 4 is 36.3 Å². The number of hydrogen-bond acceptors (Lipinski definition) is 4. The molecule has 0 radical (unpaired) electrons. The summed E-state index contributed by atoms with van der Waals surface area (Å²) in [5.41, 5.74) is -0.911. The molecule has 0 aliphatic rings. The summed E-state index contributed by atoms with van der Waals surface area (Å²) in [7, 11) is -1.62. The summed E-state index contributed by atoms with van der Waals surface area (Å²) < 4.78 is 21.0. The summed E-state index contributed by atoms with van der Waals surface area (Å²) in [5.74, 6) is 0. The number of hydrogen-bond donors (Lipinski definition) is 0. The van der Waals surface area contributed by atoms with Gasteiger partial charge in [-0.2, -0.15) is 0 Å². The van der Waals surface area contributed by atoms with E-state index in [1.807, 2.05) is 0 Å². The van der Waals surface area contributed by atoms with Crippen LogP contribution in [0.5, 0.6) is 0 Å². The van der Waals surface area contributed by atoms with Crippen molar-refractivity contribution in [2.24, 2.45) is 0 Å². The predicted molar refractivity (Wildman–Crippen MR) is 62.4 cm³/mol. The number of halogens is 2. The van der Waals surface area contributed by atoms with E-state index >= 15 is 0 Å². The van der Waals surface area contributed by atoms with Crippen LogP contribution in [0, 0.1) is 0 Å². The molecule has 0 bridgehead atoms. The van der Waals surface area contributed by atoms with Crippen LogP contribution in [0.25, 0.3) is 0 Å². The van der Waals surface area contributed by atoms with E-state index < -0.39 is 13.1 Å². The molecule has 0 amide bonds. The third kappa shape index (κ3) is 2.47. The van der Waals surface area contributed by atoms with Crippen LogP contribution in [0.1, 0.15) is 10.4 Å². The molecule has 0 saturated carbocycles. The van der Waals surface area contributed by atoms with Gasteiger partial charge in [-0.05, 0) is 12.1 Å². The summed E-state index contributed by atoms with van der Waals surface area (Å²) in [6, 6.07) is 4.51. The van der Waals surface area contributed by atoms with Gasteiger partial charge in [-0.15, -0.1) is 0 Å². The minimum absolute atomic E-state index is 0.0575. The largest absolute Gasteiger partial charge is 0.401 e. The maximum atomic E-state index is 11.9. The zero-order valence-electron chi connectivity index (χ0n) is 8.57. The maximum absolute atomic E-state index is 11.9. The molecular weight excluding hydrogens is 274 g/mol. The molecule has 16 heavy (non-hydrogen) atoms. The van der Waals surface area contributed by atoms with E-state index in [1.165, 1.54) is 12.1 Å². The fourth-order valence-electron chi connectivity index (χ4n) is 1.08. The van der Waals surface area contributed by atoms with Crippen molar-refractivity contribution in [2.45, 2.75) is 0 Å². The SMILES string of the molecule is COP(=O)(OC)C(=O)c1c(Cl)cccc1Cl. The van der Waals surface area contributed by atoms with Gasteiger partial charge in [0.2, 0.25) is 0 Å². The summed E-state index contributed by atoms with van der Waals surface area (Å²) >= 11 is 11.6. The first-order chi connectivity index (χ1) is 7.46. The zero-order chi connectivity index (χ0) is 12.3. The highest BCUT2D eigenvalue weighted by Crippen LogP contribution is 2.51. The predicted octanol–water partition coefficient (Wildman–Crippen LogP) is 3.62. The van der Waals surface area contributed by atoms with E-state index in [9.17, 15) is 9.36 Å². The van der Waals surface area contributed by atoms with Crippen LogP contribution >= 0.6 is 30.8 Å². The third-order valence-corrected chi connectivity index (χ3v) is 4.22. The average Bonchev–Trinajstić information content (AvgIpc) is 2.27. The number of rotatable bonds is 4. The first-order valence-electron chi connectivity index (χ1n) is 4.16. The van der Waals surface area contributed by atoms with E-state index in [4.69, 9.17) is 23.2 Å². The topological polar surface area (TPSA) is 52.6 Å². The smallest absolute Gasteiger partial charge is 0.306 e. The second-order valence-corrected chi connectivity index (χ2v) is 5.71. The maximum Gasteiger partial charge on any atom is 0.401 e. The monoisotopic (exact) mass is 282 g/mol. The Morgan fingerprint density at radius 3 is 2.00 bits per heavy atom. The van der Waals surface area contributed by atoms with Gasteiger partial charge in [0.05, 0.1) is 15.6 Å². The lowest BCUT2D eigenvalue weighted by Gasteiger charge is -2.13. The van der Waals surface area contributed by atoms with Gasteiger partial charge in [0.25, 0.3) is 5.52 Å². The van der Waals surface area contributed by atoms with E-state index in [0.29, 0.717) is 0 Å². The van der Waals surface area contributed by atoms with Crippen molar-refractivity contribution in [2.75, 3.05) is 14.2 Å². The molecule has 7 heteroatoms. The molecule has 1 aromatic rings. The van der Waals surface area contributed by atoms with Crippen molar-refractivity contribution in [1.29, 1.82) is 0 Å². The Morgan fingerprint density at radius 2 is 1.62 bits per heavy atom. The van der Waals surface area contributed by atoms with E-state index in [2.05, 4.69) is 9.05 Å². The summed E-state index contributed by atoms with van der Waals surface area (Å²) in [6.07, 6.45) is 0. The van der Waals surface area contributed by atoms with Crippen molar-refractivity contribution in [3.05, 3.63) is 33.8 Å². The Labute approximate surface area is 103 Å². The Hall–Kier alpha value is -0.380. The van der Waals surface area contributed by atoms with Crippen LogP contribution in [0.15, 0.2) is 18.2 Å².